The van der Waals surface area contributed by atoms with Crippen molar-refractivity contribution in [3.05, 3.63) is 29.0 Å². The van der Waals surface area contributed by atoms with Crippen molar-refractivity contribution in [1.29, 1.82) is 0 Å². The van der Waals surface area contributed by atoms with Gasteiger partial charge in [-0.05, 0) is 38.1 Å². The molecular formula is C13H20ClN3. The Morgan fingerprint density at radius 3 is 3.12 bits per heavy atom. The molecule has 17 heavy (non-hydrogen) atoms. The van der Waals surface area contributed by atoms with E-state index in [1.807, 2.05) is 12.1 Å². The topological polar surface area (TPSA) is 28.2 Å². The average Bonchev–Trinajstić information content (AvgIpc) is 2.82. The maximum atomic E-state index is 5.99. The van der Waals surface area contributed by atoms with Crippen molar-refractivity contribution in [2.24, 2.45) is 0 Å². The fourth-order valence-electron chi connectivity index (χ4n) is 2.37. The second-order valence-electron chi connectivity index (χ2n) is 4.58. The van der Waals surface area contributed by atoms with E-state index in [4.69, 9.17) is 11.6 Å². The first kappa shape index (κ1) is 12.8. The van der Waals surface area contributed by atoms with Crippen LogP contribution in [0.5, 0.6) is 0 Å². The fourth-order valence-corrected chi connectivity index (χ4v) is 2.55. The van der Waals surface area contributed by atoms with Gasteiger partial charge in [0.2, 0.25) is 0 Å². The molecule has 1 aromatic rings. The summed E-state index contributed by atoms with van der Waals surface area (Å²) < 4.78 is 0. The summed E-state index contributed by atoms with van der Waals surface area (Å²) in [6, 6.07) is 4.44. The molecule has 3 nitrogen and oxygen atoms in total. The highest BCUT2D eigenvalue weighted by molar-refractivity contribution is 6.30. The molecule has 1 aliphatic heterocycles. The molecule has 1 N–H and O–H groups in total. The summed E-state index contributed by atoms with van der Waals surface area (Å²) in [6.07, 6.45) is 4.20. The Hall–Kier alpha value is -0.640. The lowest BCUT2D eigenvalue weighted by molar-refractivity contribution is 0.197. The van der Waals surface area contributed by atoms with Gasteiger partial charge >= 0.3 is 0 Å². The Labute approximate surface area is 108 Å². The first-order valence-corrected chi connectivity index (χ1v) is 6.72. The molecule has 0 radical (unpaired) electrons. The second-order valence-corrected chi connectivity index (χ2v) is 5.02. The lowest BCUT2D eigenvalue weighted by atomic mass is 10.2. The van der Waals surface area contributed by atoms with E-state index >= 15 is 0 Å². The van der Waals surface area contributed by atoms with Gasteiger partial charge in [0.05, 0.1) is 5.69 Å². The maximum Gasteiger partial charge on any atom is 0.0558 e. The van der Waals surface area contributed by atoms with Gasteiger partial charge in [-0.15, -0.1) is 0 Å². The van der Waals surface area contributed by atoms with Crippen LogP contribution in [-0.2, 0) is 6.54 Å². The van der Waals surface area contributed by atoms with E-state index < -0.39 is 0 Å². The maximum absolute atomic E-state index is 5.99. The van der Waals surface area contributed by atoms with E-state index in [9.17, 15) is 0 Å². The summed E-state index contributed by atoms with van der Waals surface area (Å²) in [4.78, 5) is 6.90. The standard InChI is InChI=1S/C13H20ClN3/c1-2-7-17(13-4-5-15-9-13)10-12-8-11(14)3-6-16-12/h3,6,8,13,15H,2,4-5,7,9-10H2,1H3. The van der Waals surface area contributed by atoms with E-state index in [0.29, 0.717) is 6.04 Å². The third-order valence-electron chi connectivity index (χ3n) is 3.21. The van der Waals surface area contributed by atoms with Crippen molar-refractivity contribution < 1.29 is 0 Å². The molecule has 0 aliphatic carbocycles. The number of nitrogens with one attached hydrogen (secondary N) is 1. The van der Waals surface area contributed by atoms with Crippen LogP contribution >= 0.6 is 11.6 Å². The van der Waals surface area contributed by atoms with Gasteiger partial charge in [-0.25, -0.2) is 0 Å². The van der Waals surface area contributed by atoms with E-state index in [1.54, 1.807) is 6.20 Å². The molecule has 1 fully saturated rings. The first-order chi connectivity index (χ1) is 8.29. The number of rotatable bonds is 5. The number of nitrogens with zero attached hydrogens (tertiary/aromatic N) is 2. The quantitative estimate of drug-likeness (QED) is 0.873. The van der Waals surface area contributed by atoms with Crippen molar-refractivity contribution in [2.45, 2.75) is 32.4 Å². The minimum Gasteiger partial charge on any atom is -0.315 e. The molecule has 1 saturated heterocycles. The first-order valence-electron chi connectivity index (χ1n) is 6.35. The molecule has 1 atom stereocenters. The minimum atomic E-state index is 0.649. The van der Waals surface area contributed by atoms with Crippen LogP contribution in [0.2, 0.25) is 5.02 Å². The Morgan fingerprint density at radius 2 is 2.47 bits per heavy atom. The lowest BCUT2D eigenvalue weighted by Gasteiger charge is -2.27. The predicted octanol–water partition coefficient (Wildman–Crippen LogP) is 2.31. The zero-order valence-electron chi connectivity index (χ0n) is 10.3. The zero-order chi connectivity index (χ0) is 12.1. The van der Waals surface area contributed by atoms with Gasteiger partial charge in [0.15, 0.2) is 0 Å². The molecule has 1 aromatic heterocycles. The normalized spacial score (nSPS) is 20.1. The van der Waals surface area contributed by atoms with Crippen molar-refractivity contribution in [3.63, 3.8) is 0 Å². The zero-order valence-corrected chi connectivity index (χ0v) is 11.1. The molecule has 1 aliphatic rings. The third kappa shape index (κ3) is 3.66. The Morgan fingerprint density at radius 1 is 1.59 bits per heavy atom. The molecule has 0 amide bonds. The van der Waals surface area contributed by atoms with Gasteiger partial charge in [-0.2, -0.15) is 0 Å². The van der Waals surface area contributed by atoms with Crippen LogP contribution < -0.4 is 5.32 Å². The van der Waals surface area contributed by atoms with Crippen LogP contribution in [0.25, 0.3) is 0 Å². The number of pyridine rings is 1. The van der Waals surface area contributed by atoms with E-state index in [1.165, 1.54) is 12.8 Å². The second kappa shape index (κ2) is 6.34. The van der Waals surface area contributed by atoms with Gasteiger partial charge < -0.3 is 5.32 Å². The summed E-state index contributed by atoms with van der Waals surface area (Å²) in [6.45, 7) is 6.48. The minimum absolute atomic E-state index is 0.649. The average molecular weight is 254 g/mol. The van der Waals surface area contributed by atoms with Crippen LogP contribution in [0.15, 0.2) is 18.3 Å². The Balaban J connectivity index is 2.01. The summed E-state index contributed by atoms with van der Waals surface area (Å²) in [5, 5.41) is 4.19. The number of hydrogen-bond donors (Lipinski definition) is 1. The van der Waals surface area contributed by atoms with Crippen LogP contribution in [0.4, 0.5) is 0 Å². The number of hydrogen-bond acceptors (Lipinski definition) is 3. The molecule has 0 saturated carbocycles. The summed E-state index contributed by atoms with van der Waals surface area (Å²) in [7, 11) is 0. The SMILES string of the molecule is CCCN(Cc1cc(Cl)ccn1)C1CCNC1. The van der Waals surface area contributed by atoms with Crippen LogP contribution in [-0.4, -0.2) is 35.6 Å². The fraction of sp³-hybridized carbons (Fsp3) is 0.615. The van der Waals surface area contributed by atoms with E-state index in [2.05, 4.69) is 22.1 Å². The van der Waals surface area contributed by atoms with Crippen LogP contribution in [0.1, 0.15) is 25.5 Å². The largest absolute Gasteiger partial charge is 0.315 e. The van der Waals surface area contributed by atoms with Crippen molar-refractivity contribution >= 4 is 11.6 Å². The number of halogens is 1. The molecule has 0 aromatic carbocycles. The van der Waals surface area contributed by atoms with Gasteiger partial charge in [-0.3, -0.25) is 9.88 Å². The van der Waals surface area contributed by atoms with Gasteiger partial charge in [0.25, 0.3) is 0 Å². The summed E-state index contributed by atoms with van der Waals surface area (Å²) in [5.74, 6) is 0. The molecule has 4 heteroatoms. The van der Waals surface area contributed by atoms with Crippen molar-refractivity contribution in [1.82, 2.24) is 15.2 Å². The lowest BCUT2D eigenvalue weighted by Crippen LogP contribution is -2.37. The van der Waals surface area contributed by atoms with Crippen LogP contribution in [0.3, 0.4) is 0 Å². The van der Waals surface area contributed by atoms with Crippen molar-refractivity contribution in [2.75, 3.05) is 19.6 Å². The summed E-state index contributed by atoms with van der Waals surface area (Å²) in [5.41, 5.74) is 1.07. The van der Waals surface area contributed by atoms with Gasteiger partial charge in [0, 0.05) is 30.4 Å². The molecule has 94 valence electrons. The molecule has 1 unspecified atom stereocenters. The van der Waals surface area contributed by atoms with Gasteiger partial charge in [0.1, 0.15) is 0 Å². The highest BCUT2D eigenvalue weighted by Gasteiger charge is 2.21. The Bertz CT molecular complexity index is 350. The Kier molecular flexibility index (Phi) is 4.77. The highest BCUT2D eigenvalue weighted by atomic mass is 35.5. The van der Waals surface area contributed by atoms with Gasteiger partial charge in [-0.1, -0.05) is 18.5 Å². The predicted molar refractivity (Wildman–Crippen MR) is 71.2 cm³/mol. The number of aromatic nitrogens is 1. The van der Waals surface area contributed by atoms with E-state index in [-0.39, 0.29) is 0 Å². The van der Waals surface area contributed by atoms with Crippen LogP contribution in [0, 0.1) is 0 Å². The molecular weight excluding hydrogens is 234 g/mol. The molecule has 0 bridgehead atoms. The summed E-state index contributed by atoms with van der Waals surface area (Å²) >= 11 is 5.99. The van der Waals surface area contributed by atoms with E-state index in [0.717, 1.165) is 36.9 Å². The smallest absolute Gasteiger partial charge is 0.0558 e. The highest BCUT2D eigenvalue weighted by Crippen LogP contribution is 2.15. The molecule has 2 heterocycles. The third-order valence-corrected chi connectivity index (χ3v) is 3.44. The van der Waals surface area contributed by atoms with Crippen molar-refractivity contribution in [3.8, 4) is 0 Å². The molecule has 0 spiro atoms. The molecule has 2 rings (SSSR count). The monoisotopic (exact) mass is 253 g/mol.